The average molecular weight is 581 g/mol. The molecule has 0 saturated heterocycles. The van der Waals surface area contributed by atoms with Crippen LogP contribution in [-0.4, -0.2) is 45.1 Å². The van der Waals surface area contributed by atoms with Crippen molar-refractivity contribution in [2.24, 2.45) is 0 Å². The molecule has 0 aromatic carbocycles. The van der Waals surface area contributed by atoms with Gasteiger partial charge in [-0.25, -0.2) is 4.98 Å². The first-order valence-corrected chi connectivity index (χ1v) is 15.4. The van der Waals surface area contributed by atoms with E-state index in [0.29, 0.717) is 24.1 Å². The van der Waals surface area contributed by atoms with Gasteiger partial charge in [0.25, 0.3) is 0 Å². The largest absolute Gasteiger partial charge is 0.469 e. The number of hydrogen-bond acceptors (Lipinski definition) is 6. The van der Waals surface area contributed by atoms with Crippen LogP contribution in [-0.2, 0) is 34.2 Å². The second-order valence-corrected chi connectivity index (χ2v) is 12.5. The molecule has 224 valence electrons. The van der Waals surface area contributed by atoms with Crippen LogP contribution in [0.15, 0.2) is 12.1 Å². The molecule has 1 unspecified atom stereocenters. The number of ether oxygens (including phenoxy) is 1. The number of aromatic nitrogens is 4. The van der Waals surface area contributed by atoms with Crippen molar-refractivity contribution in [1.29, 1.82) is 0 Å². The molecule has 1 aliphatic carbocycles. The minimum absolute atomic E-state index is 0.0151. The maximum Gasteiger partial charge on any atom is 0.305 e. The van der Waals surface area contributed by atoms with Crippen molar-refractivity contribution in [1.82, 2.24) is 19.9 Å². The molecule has 3 aliphatic rings. The number of H-pyrrole nitrogens is 2. The Labute approximate surface area is 251 Å². The normalized spacial score (nSPS) is 21.0. The number of nitrogens with one attached hydrogen (secondary N) is 2. The van der Waals surface area contributed by atoms with Crippen molar-refractivity contribution in [2.45, 2.75) is 97.3 Å². The Balaban J connectivity index is 1.78. The zero-order valence-corrected chi connectivity index (χ0v) is 26.2. The highest BCUT2D eigenvalue weighted by Gasteiger charge is 2.41. The molecule has 3 atom stereocenters. The zero-order chi connectivity index (χ0) is 30.8. The molecule has 2 aliphatic heterocycles. The third-order valence-corrected chi connectivity index (χ3v) is 10.4. The first-order chi connectivity index (χ1) is 20.6. The van der Waals surface area contributed by atoms with Gasteiger partial charge in [0.2, 0.25) is 0 Å². The number of carbonyl (C=O) groups excluding carboxylic acids is 3. The molecule has 6 rings (SSSR count). The van der Waals surface area contributed by atoms with E-state index in [1.165, 1.54) is 12.7 Å². The Morgan fingerprint density at radius 2 is 1.77 bits per heavy atom. The monoisotopic (exact) mass is 580 g/mol. The minimum Gasteiger partial charge on any atom is -0.469 e. The lowest BCUT2D eigenvalue weighted by atomic mass is 9.80. The molecular weight excluding hydrogens is 540 g/mol. The van der Waals surface area contributed by atoms with E-state index in [9.17, 15) is 14.4 Å². The molecule has 8 heteroatoms. The van der Waals surface area contributed by atoms with Crippen LogP contribution in [0.1, 0.15) is 125 Å². The van der Waals surface area contributed by atoms with Gasteiger partial charge in [-0.05, 0) is 92.8 Å². The summed E-state index contributed by atoms with van der Waals surface area (Å²) in [6.07, 6.45) is 4.80. The van der Waals surface area contributed by atoms with Crippen LogP contribution in [0.3, 0.4) is 0 Å². The summed E-state index contributed by atoms with van der Waals surface area (Å²) in [5.74, 6) is -0.369. The molecule has 2 N–H and O–H groups in total. The molecule has 0 radical (unpaired) electrons. The zero-order valence-electron chi connectivity index (χ0n) is 26.2. The van der Waals surface area contributed by atoms with Gasteiger partial charge in [0.15, 0.2) is 12.1 Å². The van der Waals surface area contributed by atoms with Crippen molar-refractivity contribution in [2.75, 3.05) is 7.11 Å². The summed E-state index contributed by atoms with van der Waals surface area (Å²) in [5.41, 5.74) is 11.7. The number of fused-ring (bicyclic) bond motifs is 8. The quantitative estimate of drug-likeness (QED) is 0.245. The van der Waals surface area contributed by atoms with Crippen LogP contribution in [0.25, 0.3) is 22.1 Å². The van der Waals surface area contributed by atoms with Crippen molar-refractivity contribution < 1.29 is 19.1 Å². The van der Waals surface area contributed by atoms with Gasteiger partial charge >= 0.3 is 5.97 Å². The number of hydrogen-bond donors (Lipinski definition) is 2. The Hall–Kier alpha value is -4.07. The average Bonchev–Trinajstić information content (AvgIpc) is 3.76. The van der Waals surface area contributed by atoms with Crippen LogP contribution in [0, 0.1) is 13.8 Å². The lowest BCUT2D eigenvalue weighted by molar-refractivity contribution is -0.140. The topological polar surface area (TPSA) is 118 Å². The number of aryl methyl sites for hydroxylation is 5. The van der Waals surface area contributed by atoms with E-state index < -0.39 is 5.41 Å². The number of esters is 1. The molecule has 5 heterocycles. The van der Waals surface area contributed by atoms with Crippen LogP contribution >= 0.6 is 0 Å². The van der Waals surface area contributed by atoms with E-state index in [1.807, 2.05) is 32.9 Å². The summed E-state index contributed by atoms with van der Waals surface area (Å²) in [7, 11) is 1.41. The second kappa shape index (κ2) is 10.6. The smallest absolute Gasteiger partial charge is 0.305 e. The van der Waals surface area contributed by atoms with Crippen LogP contribution in [0.4, 0.5) is 0 Å². The third kappa shape index (κ3) is 4.28. The van der Waals surface area contributed by atoms with Crippen molar-refractivity contribution >= 4 is 40.1 Å². The van der Waals surface area contributed by atoms with Crippen LogP contribution in [0.2, 0.25) is 0 Å². The van der Waals surface area contributed by atoms with Gasteiger partial charge in [-0.2, -0.15) is 0 Å². The number of carbonyl (C=O) groups is 3. The van der Waals surface area contributed by atoms with Crippen molar-refractivity contribution in [3.8, 4) is 0 Å². The maximum absolute atomic E-state index is 13.9. The number of nitrogens with zero attached hydrogens (tertiary/aromatic N) is 2. The Bertz CT molecular complexity index is 1860. The van der Waals surface area contributed by atoms with Gasteiger partial charge in [0.1, 0.15) is 5.69 Å². The number of methoxy groups -OCH3 is 1. The van der Waals surface area contributed by atoms with Gasteiger partial charge in [0.05, 0.1) is 35.0 Å². The molecule has 0 spiro atoms. The van der Waals surface area contributed by atoms with Crippen LogP contribution in [0.5, 0.6) is 0 Å². The molecule has 3 aromatic rings. The summed E-state index contributed by atoms with van der Waals surface area (Å²) < 4.78 is 4.98. The SMILES string of the molecule is CCc1c(C)c2[nH]c1cc1nc(cc3[nH]c4c(c5nc(c2C=O)[C@@H](C)[C@@H]5CCC(=O)OC)CCc4c3C)C(=O)C1(C)CC. The number of aldehydes is 1. The summed E-state index contributed by atoms with van der Waals surface area (Å²) in [5, 5.41) is 0. The van der Waals surface area contributed by atoms with Crippen molar-refractivity contribution in [3.63, 3.8) is 0 Å². The number of ketones is 1. The number of aromatic amines is 2. The maximum atomic E-state index is 13.9. The predicted octanol–water partition coefficient (Wildman–Crippen LogP) is 6.80. The third-order valence-electron chi connectivity index (χ3n) is 10.4. The van der Waals surface area contributed by atoms with Gasteiger partial charge in [-0.1, -0.05) is 20.8 Å². The molecule has 3 aromatic heterocycles. The van der Waals surface area contributed by atoms with Gasteiger partial charge in [-0.15, -0.1) is 0 Å². The molecular formula is C35H40N4O4. The molecule has 0 saturated carbocycles. The molecule has 0 amide bonds. The van der Waals surface area contributed by atoms with E-state index in [0.717, 1.165) is 87.0 Å². The fourth-order valence-corrected chi connectivity index (χ4v) is 7.46. The first-order valence-electron chi connectivity index (χ1n) is 15.4. The first kappa shape index (κ1) is 29.0. The minimum atomic E-state index is -0.748. The summed E-state index contributed by atoms with van der Waals surface area (Å²) in [6.45, 7) is 12.3. The van der Waals surface area contributed by atoms with E-state index >= 15 is 0 Å². The standard InChI is InChI=1S/C35H40N4O4/c1-8-20-18(4)30-24(16-40)31-19(5)22(12-13-29(41)43-7)33(39-31)23-11-10-21-17(3)25(37-32(21)23)14-27-34(42)35(6,9-2)28(36-27)15-26(20)38-30/h14-16,19,22,37-38H,8-13H2,1-7H3/t19-,22-,35?/m0/s1. The summed E-state index contributed by atoms with van der Waals surface area (Å²) in [6, 6.07) is 3.90. The molecule has 8 bridgehead atoms. The van der Waals surface area contributed by atoms with Crippen molar-refractivity contribution in [3.05, 3.63) is 68.3 Å². The Morgan fingerprint density at radius 3 is 2.44 bits per heavy atom. The number of Topliss-reactive ketones (excluding diaryl/α,β-unsaturated/α-hetero) is 1. The highest BCUT2D eigenvalue weighted by atomic mass is 16.5. The van der Waals surface area contributed by atoms with E-state index in [1.54, 1.807) is 0 Å². The number of rotatable bonds is 6. The fraction of sp³-hybridized carbons (Fsp3) is 0.457. The fourth-order valence-electron chi connectivity index (χ4n) is 7.46. The molecule has 43 heavy (non-hydrogen) atoms. The predicted molar refractivity (Wildman–Crippen MR) is 167 cm³/mol. The highest BCUT2D eigenvalue weighted by molar-refractivity contribution is 6.05. The second-order valence-electron chi connectivity index (χ2n) is 12.5. The van der Waals surface area contributed by atoms with E-state index in [2.05, 4.69) is 30.7 Å². The Morgan fingerprint density at radius 1 is 1.05 bits per heavy atom. The Kier molecular flexibility index (Phi) is 7.14. The molecule has 8 nitrogen and oxygen atoms in total. The van der Waals surface area contributed by atoms with E-state index in [4.69, 9.17) is 14.7 Å². The van der Waals surface area contributed by atoms with E-state index in [-0.39, 0.29) is 30.0 Å². The highest BCUT2D eigenvalue weighted by Crippen LogP contribution is 2.45. The lowest BCUT2D eigenvalue weighted by Crippen LogP contribution is -2.27. The lowest BCUT2D eigenvalue weighted by Gasteiger charge is -2.19. The summed E-state index contributed by atoms with van der Waals surface area (Å²) >= 11 is 0. The molecule has 0 fully saturated rings. The van der Waals surface area contributed by atoms with Crippen LogP contribution < -0.4 is 0 Å². The van der Waals surface area contributed by atoms with Gasteiger partial charge in [-0.3, -0.25) is 19.4 Å². The van der Waals surface area contributed by atoms with Gasteiger partial charge < -0.3 is 14.7 Å². The van der Waals surface area contributed by atoms with Gasteiger partial charge in [0, 0.05) is 40.5 Å². The summed E-state index contributed by atoms with van der Waals surface area (Å²) in [4.78, 5) is 56.4.